The Labute approximate surface area is 840 Å². The van der Waals surface area contributed by atoms with Crippen LogP contribution in [0, 0.1) is 11.8 Å². The Balaban J connectivity index is 1.12. The van der Waals surface area contributed by atoms with Gasteiger partial charge in [0, 0.05) is 68.6 Å². The van der Waals surface area contributed by atoms with Crippen LogP contribution in [0.2, 0.25) is 0 Å². The van der Waals surface area contributed by atoms with E-state index < -0.39 is 284 Å². The standard InChI is InChI=1S/C92H134N24O26S2/c1-48(2)33-59(82(132)114-77(51(6)119)91(141)108-62(35-53-19-11-8-12-20-53)83(133)113-75(49(3)4)89(139)111-66(46-144)85(135)103-58(21-13-14-30-93)92(142)116-32-16-23-68(116)88(138)102-57(28-29-69(95)121)78(128)99-40-71(123)98-43-74(126)127)106-87(137)67-22-15-31-115(67)73(125)42-100-79(129)60(34-52-17-9-7-10-18-52)104-81(131)63(37-55-39-96-47-101-55)105-86(136)65(45-143)110-84(134)64(44-117)109-80(130)61(36-54-24-26-56(120)27-25-54)107-90(140)76(50(5)118)112-72(124)41-97-70(122)38-94/h7-12,17-20,24-27,39,47-51,57-68,75-77,117-120,143-144H,13-16,21-23,28-38,40-46,93-94H2,1-6H3,(H2,95,121)(H,96,101)(H,97,122)(H,98,123)(H,99,128)(H,100,129)(H,102,138)(H,103,135)(H,104,131)(H,105,136)(H,106,137)(H,107,140)(H,108,141)(H,109,130)(H,110,134)(H,111,139)(H,112,124)(H,113,133)(H,114,132)(H,126,127)/t50-,51-,57+,58+,59+,60+,61+,62+,63+,64+,65+,66+,67+,68+,75+,76+,77+/m1/s1. The molecule has 2 aliphatic heterocycles. The van der Waals surface area contributed by atoms with Crippen molar-refractivity contribution in [3.8, 4) is 5.75 Å². The minimum absolute atomic E-state index is 0.00624. The van der Waals surface area contributed by atoms with Crippen LogP contribution in [-0.4, -0.2) is 343 Å². The zero-order valence-corrected chi connectivity index (χ0v) is 82.5. The van der Waals surface area contributed by atoms with Gasteiger partial charge in [-0.1, -0.05) is 100 Å². The molecular weight excluding hydrogens is 1920 g/mol. The molecule has 144 heavy (non-hydrogen) atoms. The van der Waals surface area contributed by atoms with Crippen molar-refractivity contribution in [1.29, 1.82) is 0 Å². The molecule has 0 spiro atoms. The fraction of sp³-hybridized carbons (Fsp3) is 0.543. The summed E-state index contributed by atoms with van der Waals surface area (Å²) in [7, 11) is 0. The molecule has 2 saturated heterocycles. The van der Waals surface area contributed by atoms with Crippen LogP contribution in [0.5, 0.6) is 5.75 Å². The van der Waals surface area contributed by atoms with E-state index in [1.807, 2.05) is 0 Å². The van der Waals surface area contributed by atoms with Gasteiger partial charge in [-0.3, -0.25) is 101 Å². The SMILES string of the molecule is CC(C)C[C@H](NC(=O)[C@@H]1CCCN1C(=O)CNC(=O)[C@H](Cc1ccccc1)NC(=O)[C@H](Cc1cnc[nH]1)NC(=O)[C@H](CS)NC(=O)[C@H](CO)NC(=O)[C@H](Cc1ccc(O)cc1)NC(=O)[C@@H](NC(=O)CNC(=O)CN)[C@@H](C)O)C(=O)N[C@H](C(=O)N[C@@H](Cc1ccccc1)C(=O)N[C@H](C(=O)N[C@@H](CS)C(=O)N[C@@H](CCCCN)C(=O)N1CCC[C@H]1C(=O)N[C@@H](CCC(N)=O)C(=O)NCC(=O)NCC(=O)O)C(C)C)[C@@H](C)O. The fourth-order valence-corrected chi connectivity index (χ4v) is 15.9. The molecule has 52 heteroatoms. The summed E-state index contributed by atoms with van der Waals surface area (Å²) < 4.78 is 0. The Morgan fingerprint density at radius 2 is 0.861 bits per heavy atom. The number of aliphatic carboxylic acids is 1. The van der Waals surface area contributed by atoms with Crippen molar-refractivity contribution < 1.29 is 126 Å². The molecule has 50 nitrogen and oxygen atoms in total. The quantitative estimate of drug-likeness (QED) is 0.0144. The number of aromatic amines is 1. The van der Waals surface area contributed by atoms with Crippen LogP contribution in [0.1, 0.15) is 128 Å². The van der Waals surface area contributed by atoms with Crippen LogP contribution in [0.4, 0.5) is 0 Å². The number of unbranched alkanes of at least 4 members (excludes halogenated alkanes) is 1. The van der Waals surface area contributed by atoms with Crippen molar-refractivity contribution in [2.45, 2.75) is 234 Å². The maximum atomic E-state index is 14.8. The van der Waals surface area contributed by atoms with Gasteiger partial charge >= 0.3 is 5.97 Å². The lowest BCUT2D eigenvalue weighted by Gasteiger charge is -2.31. The van der Waals surface area contributed by atoms with Crippen LogP contribution in [0.3, 0.4) is 0 Å². The van der Waals surface area contributed by atoms with E-state index >= 15 is 0 Å². The molecule has 2 fully saturated rings. The van der Waals surface area contributed by atoms with Gasteiger partial charge in [0.2, 0.25) is 118 Å². The summed E-state index contributed by atoms with van der Waals surface area (Å²) in [5, 5.41) is 93.1. The van der Waals surface area contributed by atoms with Gasteiger partial charge in [-0.2, -0.15) is 25.3 Å². The number of aromatic nitrogens is 2. The van der Waals surface area contributed by atoms with Crippen molar-refractivity contribution in [3.63, 3.8) is 0 Å². The number of hydrogen-bond donors (Lipinski definition) is 28. The molecule has 0 bridgehead atoms. The van der Waals surface area contributed by atoms with Crippen molar-refractivity contribution >= 4 is 149 Å². The van der Waals surface area contributed by atoms with E-state index in [2.05, 4.69) is 126 Å². The lowest BCUT2D eigenvalue weighted by atomic mass is 9.99. The molecule has 6 rings (SSSR count). The monoisotopic (exact) mass is 2050 g/mol. The molecule has 1 aromatic heterocycles. The van der Waals surface area contributed by atoms with Gasteiger partial charge in [-0.25, -0.2) is 4.98 Å². The smallest absolute Gasteiger partial charge is 0.322 e. The zero-order valence-electron chi connectivity index (χ0n) is 80.7. The number of carbonyl (C=O) groups is 21. The number of nitrogens with one attached hydrogen (secondary N) is 18. The number of nitrogens with two attached hydrogens (primary N) is 3. The third-order valence-electron chi connectivity index (χ3n) is 23.1. The summed E-state index contributed by atoms with van der Waals surface area (Å²) in [6, 6.07) is -1.23. The Bertz CT molecular complexity index is 5050. The number of imidazole rings is 1. The number of likely N-dealkylation sites (tertiary alicyclic amines) is 2. The van der Waals surface area contributed by atoms with Gasteiger partial charge in [0.15, 0.2) is 0 Å². The first-order valence-corrected chi connectivity index (χ1v) is 48.2. The number of aliphatic hydroxyl groups is 3. The van der Waals surface area contributed by atoms with Gasteiger partial charge in [0.25, 0.3) is 0 Å². The topological polar surface area (TPSA) is 777 Å². The Morgan fingerprint density at radius 1 is 0.438 bits per heavy atom. The Morgan fingerprint density at radius 3 is 1.36 bits per heavy atom. The first-order chi connectivity index (χ1) is 68.4. The number of carboxylic acid groups (broad SMARTS) is 1. The minimum Gasteiger partial charge on any atom is -0.508 e. The number of aromatic hydroxyl groups is 1. The number of hydrogen-bond acceptors (Lipinski definition) is 30. The van der Waals surface area contributed by atoms with E-state index in [1.165, 1.54) is 53.5 Å². The van der Waals surface area contributed by atoms with Gasteiger partial charge in [-0.05, 0) is 119 Å². The molecule has 29 N–H and O–H groups in total. The molecule has 0 unspecified atom stereocenters. The van der Waals surface area contributed by atoms with Crippen molar-refractivity contribution in [1.82, 2.24) is 110 Å². The van der Waals surface area contributed by atoms with E-state index in [0.29, 0.717) is 23.1 Å². The van der Waals surface area contributed by atoms with Crippen LogP contribution in [0.25, 0.3) is 0 Å². The Hall–Kier alpha value is -14.0. The largest absolute Gasteiger partial charge is 0.508 e. The van der Waals surface area contributed by atoms with Crippen LogP contribution in [-0.2, 0) is 126 Å². The van der Waals surface area contributed by atoms with Gasteiger partial charge in [0.1, 0.15) is 103 Å². The normalized spacial score (nSPS) is 16.4. The zero-order chi connectivity index (χ0) is 107. The second kappa shape index (κ2) is 60.5. The number of aliphatic hydroxyl groups excluding tert-OH is 3. The number of rotatable bonds is 60. The molecule has 3 heterocycles. The lowest BCUT2D eigenvalue weighted by Crippen LogP contribution is -2.62. The summed E-state index contributed by atoms with van der Waals surface area (Å²) >= 11 is 8.63. The molecule has 790 valence electrons. The number of phenols is 1. The fourth-order valence-electron chi connectivity index (χ4n) is 15.4. The van der Waals surface area contributed by atoms with E-state index in [9.17, 15) is 121 Å². The van der Waals surface area contributed by atoms with Crippen molar-refractivity contribution in [2.75, 3.05) is 70.5 Å². The molecule has 4 aromatic rings. The molecule has 17 atom stereocenters. The molecular formula is C92H134N24O26S2. The third-order valence-corrected chi connectivity index (χ3v) is 23.9. The average Bonchev–Trinajstić information content (AvgIpc) is 1.71. The summed E-state index contributed by atoms with van der Waals surface area (Å²) in [5.74, 6) is -22.2. The van der Waals surface area contributed by atoms with Gasteiger partial charge < -0.3 is 148 Å². The van der Waals surface area contributed by atoms with Crippen molar-refractivity contribution in [3.05, 3.63) is 120 Å². The highest BCUT2D eigenvalue weighted by molar-refractivity contribution is 7.80. The number of carboxylic acids is 1. The minimum atomic E-state index is -1.87. The number of carbonyl (C=O) groups excluding carboxylic acids is 20. The molecule has 0 radical (unpaired) electrons. The number of phenolic OH excluding ortho intramolecular Hbond substituents is 1. The average molecular weight is 2060 g/mol. The third kappa shape index (κ3) is 39.4. The molecule has 20 amide bonds. The number of amides is 20. The second-order valence-corrected chi connectivity index (χ2v) is 36.1. The number of H-pyrrole nitrogens is 1. The first kappa shape index (κ1) is 119. The van der Waals surface area contributed by atoms with Crippen LogP contribution >= 0.6 is 25.3 Å². The molecule has 0 aliphatic carbocycles. The maximum absolute atomic E-state index is 14.8. The lowest BCUT2D eigenvalue weighted by molar-refractivity contribution is -0.142. The second-order valence-electron chi connectivity index (χ2n) is 35.4. The predicted molar refractivity (Wildman–Crippen MR) is 521 cm³/mol. The summed E-state index contributed by atoms with van der Waals surface area (Å²) in [4.78, 5) is 298. The van der Waals surface area contributed by atoms with Crippen LogP contribution < -0.4 is 108 Å². The molecule has 0 saturated carbocycles. The van der Waals surface area contributed by atoms with E-state index in [0.717, 1.165) is 6.92 Å². The maximum Gasteiger partial charge on any atom is 0.322 e. The predicted octanol–water partition coefficient (Wildman–Crippen LogP) is -9.11. The number of thiol groups is 2. The van der Waals surface area contributed by atoms with Crippen molar-refractivity contribution in [2.24, 2.45) is 29.0 Å². The van der Waals surface area contributed by atoms with E-state index in [-0.39, 0.29) is 120 Å². The summed E-state index contributed by atoms with van der Waals surface area (Å²) in [5.41, 5.74) is 18.1. The summed E-state index contributed by atoms with van der Waals surface area (Å²) in [6.07, 6.45) is -1.30. The highest BCUT2D eigenvalue weighted by atomic mass is 32.1. The highest BCUT2D eigenvalue weighted by Crippen LogP contribution is 2.24. The number of nitrogens with zero attached hydrogens (tertiary/aromatic N) is 3. The molecule has 3 aromatic carbocycles. The van der Waals surface area contributed by atoms with E-state index in [1.54, 1.807) is 88.4 Å². The first-order valence-electron chi connectivity index (χ1n) is 46.9. The van der Waals surface area contributed by atoms with Crippen LogP contribution in [0.15, 0.2) is 97.5 Å². The Kier molecular flexibility index (Phi) is 49.9. The van der Waals surface area contributed by atoms with E-state index in [4.69, 9.17) is 22.3 Å². The number of benzene rings is 3. The molecule has 2 aliphatic rings. The number of primary amides is 1. The van der Waals surface area contributed by atoms with Gasteiger partial charge in [0.05, 0.1) is 51.3 Å². The highest BCUT2D eigenvalue weighted by Gasteiger charge is 2.44. The van der Waals surface area contributed by atoms with Gasteiger partial charge in [-0.15, -0.1) is 0 Å². The summed E-state index contributed by atoms with van der Waals surface area (Å²) in [6.45, 7) is 4.65.